The first-order chi connectivity index (χ1) is 13.2. The highest BCUT2D eigenvalue weighted by molar-refractivity contribution is 5.55. The average molecular weight is 370 g/mol. The van der Waals surface area contributed by atoms with Crippen LogP contribution in [0.5, 0.6) is 0 Å². The lowest BCUT2D eigenvalue weighted by molar-refractivity contribution is 0.154. The Morgan fingerprint density at radius 1 is 1.00 bits per heavy atom. The van der Waals surface area contributed by atoms with Crippen molar-refractivity contribution in [2.75, 3.05) is 41.3 Å². The molecule has 2 aromatic rings. The van der Waals surface area contributed by atoms with E-state index in [1.54, 1.807) is 12.1 Å². The monoisotopic (exact) mass is 370 g/mol. The molecule has 4 rings (SSSR count). The molecule has 0 amide bonds. The van der Waals surface area contributed by atoms with Crippen molar-refractivity contribution in [2.24, 2.45) is 0 Å². The Morgan fingerprint density at radius 2 is 1.78 bits per heavy atom. The number of rotatable bonds is 4. The number of hydrogen-bond acceptors (Lipinski definition) is 5. The SMILES string of the molecule is OC1CCCN(c2ccnc(N[C@@H]3CCCN(c4cccc(F)c4)C3)c2)C1. The minimum Gasteiger partial charge on any atom is -0.391 e. The molecule has 0 radical (unpaired) electrons. The number of piperidine rings is 2. The van der Waals surface area contributed by atoms with Crippen LogP contribution in [0.3, 0.4) is 0 Å². The van der Waals surface area contributed by atoms with Gasteiger partial charge in [0, 0.05) is 55.9 Å². The number of hydrogen-bond donors (Lipinski definition) is 2. The van der Waals surface area contributed by atoms with Gasteiger partial charge in [-0.1, -0.05) is 6.07 Å². The summed E-state index contributed by atoms with van der Waals surface area (Å²) in [6.45, 7) is 3.43. The Kier molecular flexibility index (Phi) is 5.43. The number of anilines is 3. The molecule has 2 aliphatic heterocycles. The van der Waals surface area contributed by atoms with E-state index < -0.39 is 0 Å². The second-order valence-corrected chi connectivity index (χ2v) is 7.55. The average Bonchev–Trinajstić information content (AvgIpc) is 2.68. The molecule has 0 aliphatic carbocycles. The van der Waals surface area contributed by atoms with Gasteiger partial charge in [-0.15, -0.1) is 0 Å². The maximum atomic E-state index is 13.5. The Balaban J connectivity index is 1.42. The Labute approximate surface area is 159 Å². The molecular weight excluding hydrogens is 343 g/mol. The minimum atomic E-state index is -0.249. The second kappa shape index (κ2) is 8.13. The molecule has 3 heterocycles. The van der Waals surface area contributed by atoms with Gasteiger partial charge < -0.3 is 20.2 Å². The number of β-amino-alcohol motifs (C(OH)–C–C–N with tert-alkyl or cyclic N) is 1. The summed E-state index contributed by atoms with van der Waals surface area (Å²) in [4.78, 5) is 8.93. The van der Waals surface area contributed by atoms with Crippen LogP contribution in [0.1, 0.15) is 25.7 Å². The Morgan fingerprint density at radius 3 is 2.59 bits per heavy atom. The van der Waals surface area contributed by atoms with Crippen molar-refractivity contribution < 1.29 is 9.50 Å². The highest BCUT2D eigenvalue weighted by atomic mass is 19.1. The molecule has 1 aromatic heterocycles. The molecular formula is C21H27FN4O. The van der Waals surface area contributed by atoms with Crippen molar-refractivity contribution >= 4 is 17.2 Å². The van der Waals surface area contributed by atoms with Crippen LogP contribution in [-0.4, -0.2) is 48.4 Å². The van der Waals surface area contributed by atoms with E-state index in [-0.39, 0.29) is 18.0 Å². The number of nitrogens with zero attached hydrogens (tertiary/aromatic N) is 3. The predicted octanol–water partition coefficient (Wildman–Crippen LogP) is 3.26. The lowest BCUT2D eigenvalue weighted by atomic mass is 10.0. The smallest absolute Gasteiger partial charge is 0.128 e. The first-order valence-corrected chi connectivity index (χ1v) is 9.83. The van der Waals surface area contributed by atoms with Crippen molar-refractivity contribution in [2.45, 2.75) is 37.8 Å². The van der Waals surface area contributed by atoms with Crippen molar-refractivity contribution in [3.8, 4) is 0 Å². The van der Waals surface area contributed by atoms with Gasteiger partial charge in [-0.3, -0.25) is 0 Å². The molecule has 0 saturated carbocycles. The number of benzene rings is 1. The van der Waals surface area contributed by atoms with E-state index in [1.165, 1.54) is 6.07 Å². The quantitative estimate of drug-likeness (QED) is 0.865. The fourth-order valence-corrected chi connectivity index (χ4v) is 4.10. The molecule has 27 heavy (non-hydrogen) atoms. The molecule has 2 atom stereocenters. The molecule has 2 N–H and O–H groups in total. The summed E-state index contributed by atoms with van der Waals surface area (Å²) in [5, 5.41) is 13.5. The molecule has 2 fully saturated rings. The van der Waals surface area contributed by atoms with Gasteiger partial charge in [0.15, 0.2) is 0 Å². The van der Waals surface area contributed by atoms with Crippen LogP contribution >= 0.6 is 0 Å². The van der Waals surface area contributed by atoms with Crippen LogP contribution in [0.25, 0.3) is 0 Å². The third-order valence-corrected chi connectivity index (χ3v) is 5.45. The fraction of sp³-hybridized carbons (Fsp3) is 0.476. The molecule has 2 aliphatic rings. The van der Waals surface area contributed by atoms with E-state index in [0.717, 1.165) is 62.5 Å². The van der Waals surface area contributed by atoms with Crippen LogP contribution in [0.2, 0.25) is 0 Å². The normalized spacial score (nSPS) is 23.3. The van der Waals surface area contributed by atoms with Crippen molar-refractivity contribution in [1.82, 2.24) is 4.98 Å². The maximum Gasteiger partial charge on any atom is 0.128 e. The summed E-state index contributed by atoms with van der Waals surface area (Å²) in [6.07, 6.45) is 5.60. The lowest BCUT2D eigenvalue weighted by Crippen LogP contribution is -2.42. The Bertz CT molecular complexity index is 771. The first-order valence-electron chi connectivity index (χ1n) is 9.83. The summed E-state index contributed by atoms with van der Waals surface area (Å²) in [5.74, 6) is 0.666. The summed E-state index contributed by atoms with van der Waals surface area (Å²) >= 11 is 0. The van der Waals surface area contributed by atoms with E-state index in [4.69, 9.17) is 0 Å². The summed E-state index contributed by atoms with van der Waals surface area (Å²) < 4.78 is 13.5. The van der Waals surface area contributed by atoms with Gasteiger partial charge >= 0.3 is 0 Å². The predicted molar refractivity (Wildman–Crippen MR) is 107 cm³/mol. The summed E-state index contributed by atoms with van der Waals surface area (Å²) in [6, 6.07) is 11.2. The highest BCUT2D eigenvalue weighted by Gasteiger charge is 2.22. The molecule has 144 valence electrons. The van der Waals surface area contributed by atoms with Crippen LogP contribution in [0.15, 0.2) is 42.6 Å². The molecule has 6 heteroatoms. The van der Waals surface area contributed by atoms with Crippen molar-refractivity contribution in [3.05, 3.63) is 48.4 Å². The van der Waals surface area contributed by atoms with Gasteiger partial charge in [-0.25, -0.2) is 9.37 Å². The molecule has 1 unspecified atom stereocenters. The highest BCUT2D eigenvalue weighted by Crippen LogP contribution is 2.25. The number of nitrogens with one attached hydrogen (secondary N) is 1. The zero-order chi connectivity index (χ0) is 18.6. The van der Waals surface area contributed by atoms with Crippen LogP contribution < -0.4 is 15.1 Å². The van der Waals surface area contributed by atoms with Gasteiger partial charge in [0.25, 0.3) is 0 Å². The van der Waals surface area contributed by atoms with E-state index in [2.05, 4.69) is 26.2 Å². The fourth-order valence-electron chi connectivity index (χ4n) is 4.10. The third kappa shape index (κ3) is 4.50. The second-order valence-electron chi connectivity index (χ2n) is 7.55. The zero-order valence-electron chi connectivity index (χ0n) is 15.5. The summed E-state index contributed by atoms with van der Waals surface area (Å²) in [7, 11) is 0. The number of aliphatic hydroxyl groups excluding tert-OH is 1. The molecule has 2 saturated heterocycles. The van der Waals surface area contributed by atoms with Crippen molar-refractivity contribution in [1.29, 1.82) is 0 Å². The zero-order valence-corrected chi connectivity index (χ0v) is 15.5. The Hall–Kier alpha value is -2.34. The largest absolute Gasteiger partial charge is 0.391 e. The maximum absolute atomic E-state index is 13.5. The third-order valence-electron chi connectivity index (χ3n) is 5.45. The van der Waals surface area contributed by atoms with E-state index in [1.807, 2.05) is 18.3 Å². The van der Waals surface area contributed by atoms with E-state index >= 15 is 0 Å². The topological polar surface area (TPSA) is 51.6 Å². The number of aromatic nitrogens is 1. The first kappa shape index (κ1) is 18.0. The number of halogens is 1. The van der Waals surface area contributed by atoms with Crippen LogP contribution in [-0.2, 0) is 0 Å². The van der Waals surface area contributed by atoms with E-state index in [9.17, 15) is 9.50 Å². The number of aliphatic hydroxyl groups is 1. The van der Waals surface area contributed by atoms with Crippen LogP contribution in [0.4, 0.5) is 21.6 Å². The van der Waals surface area contributed by atoms with Crippen molar-refractivity contribution in [3.63, 3.8) is 0 Å². The molecule has 1 aromatic carbocycles. The molecule has 0 spiro atoms. The standard InChI is InChI=1S/C21H27FN4O/c22-16-4-1-6-18(12-16)25-10-2-5-17(14-25)24-21-13-19(8-9-23-21)26-11-3-7-20(27)15-26/h1,4,6,8-9,12-13,17,20,27H,2-3,5,7,10-11,14-15H2,(H,23,24)/t17-,20?/m1/s1. The lowest BCUT2D eigenvalue weighted by Gasteiger charge is -2.35. The van der Waals surface area contributed by atoms with E-state index in [0.29, 0.717) is 6.54 Å². The molecule has 5 nitrogen and oxygen atoms in total. The number of pyridine rings is 1. The van der Waals surface area contributed by atoms with Gasteiger partial charge in [0.1, 0.15) is 11.6 Å². The minimum absolute atomic E-state index is 0.194. The van der Waals surface area contributed by atoms with Gasteiger partial charge in [-0.2, -0.15) is 0 Å². The van der Waals surface area contributed by atoms with Gasteiger partial charge in [0.2, 0.25) is 0 Å². The van der Waals surface area contributed by atoms with Gasteiger partial charge in [0.05, 0.1) is 6.10 Å². The molecule has 0 bridgehead atoms. The van der Waals surface area contributed by atoms with Crippen LogP contribution in [0, 0.1) is 5.82 Å². The van der Waals surface area contributed by atoms with Gasteiger partial charge in [-0.05, 0) is 49.9 Å². The summed E-state index contributed by atoms with van der Waals surface area (Å²) in [5.41, 5.74) is 2.04.